The van der Waals surface area contributed by atoms with Crippen LogP contribution in [0.4, 0.5) is 11.5 Å². The van der Waals surface area contributed by atoms with Gasteiger partial charge in [-0.25, -0.2) is 4.98 Å². The van der Waals surface area contributed by atoms with Crippen molar-refractivity contribution >= 4 is 11.5 Å². The van der Waals surface area contributed by atoms with Crippen LogP contribution < -0.4 is 11.1 Å². The van der Waals surface area contributed by atoms with Crippen LogP contribution in [0.15, 0.2) is 30.5 Å². The zero-order valence-electron chi connectivity index (χ0n) is 7.17. The van der Waals surface area contributed by atoms with E-state index in [1.165, 1.54) is 0 Å². The molecule has 0 unspecified atom stereocenters. The van der Waals surface area contributed by atoms with E-state index in [1.807, 2.05) is 13.0 Å². The lowest BCUT2D eigenvalue weighted by Crippen LogP contribution is -2.02. The smallest absolute Gasteiger partial charge is 0.125 e. The van der Waals surface area contributed by atoms with Crippen molar-refractivity contribution in [1.29, 1.82) is 0 Å². The number of rotatable bonds is 3. The summed E-state index contributed by atoms with van der Waals surface area (Å²) < 4.78 is 0. The van der Waals surface area contributed by atoms with Gasteiger partial charge in [-0.1, -0.05) is 12.2 Å². The van der Waals surface area contributed by atoms with Crippen LogP contribution in [0.1, 0.15) is 6.92 Å². The van der Waals surface area contributed by atoms with Gasteiger partial charge in [0.2, 0.25) is 0 Å². The molecular formula is C9H13N3. The average molecular weight is 163 g/mol. The van der Waals surface area contributed by atoms with Crippen LogP contribution in [0.5, 0.6) is 0 Å². The van der Waals surface area contributed by atoms with E-state index in [0.29, 0.717) is 5.82 Å². The third-order valence-electron chi connectivity index (χ3n) is 1.38. The van der Waals surface area contributed by atoms with Gasteiger partial charge < -0.3 is 11.1 Å². The summed E-state index contributed by atoms with van der Waals surface area (Å²) in [5.41, 5.74) is 7.56. The minimum atomic E-state index is 0.529. The maximum atomic E-state index is 5.49. The number of nitrogens with two attached hydrogens (primary N) is 1. The van der Waals surface area contributed by atoms with Gasteiger partial charge in [0.25, 0.3) is 0 Å². The van der Waals surface area contributed by atoms with Crippen LogP contribution in [-0.4, -0.2) is 11.5 Å². The number of nitrogens with one attached hydrogen (secondary N) is 1. The molecule has 0 amide bonds. The Hall–Kier alpha value is -1.51. The number of anilines is 2. The summed E-state index contributed by atoms with van der Waals surface area (Å²) in [6, 6.07) is 3.67. The molecule has 1 aromatic rings. The summed E-state index contributed by atoms with van der Waals surface area (Å²) in [5, 5.41) is 3.17. The van der Waals surface area contributed by atoms with E-state index >= 15 is 0 Å². The highest BCUT2D eigenvalue weighted by Gasteiger charge is 1.91. The summed E-state index contributed by atoms with van der Waals surface area (Å²) in [5.74, 6) is 0.529. The molecule has 64 valence electrons. The quantitative estimate of drug-likeness (QED) is 0.666. The molecule has 0 aliphatic rings. The number of hydrogen-bond acceptors (Lipinski definition) is 3. The van der Waals surface area contributed by atoms with Crippen molar-refractivity contribution < 1.29 is 0 Å². The molecule has 3 heteroatoms. The average Bonchev–Trinajstić information content (AvgIpc) is 2.01. The number of hydrogen-bond donors (Lipinski definition) is 2. The first-order chi connectivity index (χ1) is 5.68. The highest BCUT2D eigenvalue weighted by atomic mass is 14.9. The Balaban J connectivity index is 2.57. The molecule has 0 atom stereocenters. The summed E-state index contributed by atoms with van der Waals surface area (Å²) in [6.07, 6.45) is 1.68. The van der Waals surface area contributed by atoms with Crippen molar-refractivity contribution in [3.63, 3.8) is 0 Å². The predicted molar refractivity (Wildman–Crippen MR) is 52.0 cm³/mol. The van der Waals surface area contributed by atoms with Gasteiger partial charge in [-0.05, 0) is 13.0 Å². The van der Waals surface area contributed by atoms with E-state index < -0.39 is 0 Å². The van der Waals surface area contributed by atoms with Gasteiger partial charge in [0.1, 0.15) is 5.82 Å². The zero-order chi connectivity index (χ0) is 8.97. The molecular weight excluding hydrogens is 150 g/mol. The Morgan fingerprint density at radius 3 is 3.08 bits per heavy atom. The fraction of sp³-hybridized carbons (Fsp3) is 0.222. The van der Waals surface area contributed by atoms with Crippen LogP contribution in [0.25, 0.3) is 0 Å². The van der Waals surface area contributed by atoms with Gasteiger partial charge >= 0.3 is 0 Å². The molecule has 0 aliphatic heterocycles. The van der Waals surface area contributed by atoms with E-state index in [-0.39, 0.29) is 0 Å². The first-order valence-electron chi connectivity index (χ1n) is 3.78. The van der Waals surface area contributed by atoms with Crippen molar-refractivity contribution in [1.82, 2.24) is 4.98 Å². The molecule has 1 aromatic heterocycles. The number of nitrogen functional groups attached to an aromatic ring is 1. The van der Waals surface area contributed by atoms with Crippen LogP contribution in [-0.2, 0) is 0 Å². The molecule has 0 bridgehead atoms. The molecule has 0 aromatic carbocycles. The van der Waals surface area contributed by atoms with Crippen molar-refractivity contribution in [2.24, 2.45) is 0 Å². The molecule has 0 spiro atoms. The Morgan fingerprint density at radius 2 is 2.50 bits per heavy atom. The van der Waals surface area contributed by atoms with Crippen LogP contribution >= 0.6 is 0 Å². The van der Waals surface area contributed by atoms with E-state index in [0.717, 1.165) is 17.8 Å². The van der Waals surface area contributed by atoms with Crippen molar-refractivity contribution in [3.05, 3.63) is 30.5 Å². The van der Waals surface area contributed by atoms with Gasteiger partial charge in [-0.2, -0.15) is 0 Å². The Bertz CT molecular complexity index is 281. The SMILES string of the molecule is C=C(C)CNc1ccnc(N)c1. The topological polar surface area (TPSA) is 50.9 Å². The van der Waals surface area contributed by atoms with Gasteiger partial charge in [-0.15, -0.1) is 0 Å². The normalized spacial score (nSPS) is 9.42. The van der Waals surface area contributed by atoms with E-state index in [2.05, 4.69) is 16.9 Å². The van der Waals surface area contributed by atoms with E-state index in [4.69, 9.17) is 5.73 Å². The summed E-state index contributed by atoms with van der Waals surface area (Å²) in [7, 11) is 0. The van der Waals surface area contributed by atoms with Gasteiger partial charge in [0.15, 0.2) is 0 Å². The fourth-order valence-corrected chi connectivity index (χ4v) is 0.811. The molecule has 1 rings (SSSR count). The highest BCUT2D eigenvalue weighted by molar-refractivity contribution is 5.50. The fourth-order valence-electron chi connectivity index (χ4n) is 0.811. The molecule has 0 saturated heterocycles. The molecule has 0 aliphatic carbocycles. The third kappa shape index (κ3) is 2.62. The minimum absolute atomic E-state index is 0.529. The van der Waals surface area contributed by atoms with Crippen LogP contribution in [0.3, 0.4) is 0 Å². The zero-order valence-corrected chi connectivity index (χ0v) is 7.17. The summed E-state index contributed by atoms with van der Waals surface area (Å²) in [6.45, 7) is 6.52. The lowest BCUT2D eigenvalue weighted by molar-refractivity contribution is 1.21. The van der Waals surface area contributed by atoms with Gasteiger partial charge in [-0.3, -0.25) is 0 Å². The van der Waals surface area contributed by atoms with Gasteiger partial charge in [0, 0.05) is 24.5 Å². The third-order valence-corrected chi connectivity index (χ3v) is 1.38. The van der Waals surface area contributed by atoms with Crippen molar-refractivity contribution in [3.8, 4) is 0 Å². The molecule has 3 nitrogen and oxygen atoms in total. The van der Waals surface area contributed by atoms with Crippen molar-refractivity contribution in [2.45, 2.75) is 6.92 Å². The minimum Gasteiger partial charge on any atom is -0.384 e. The van der Waals surface area contributed by atoms with Crippen LogP contribution in [0.2, 0.25) is 0 Å². The Kier molecular flexibility index (Phi) is 2.69. The number of pyridine rings is 1. The van der Waals surface area contributed by atoms with Crippen LogP contribution in [0, 0.1) is 0 Å². The molecule has 0 fully saturated rings. The number of nitrogens with zero attached hydrogens (tertiary/aromatic N) is 1. The Labute approximate surface area is 72.3 Å². The molecule has 12 heavy (non-hydrogen) atoms. The number of aromatic nitrogens is 1. The predicted octanol–water partition coefficient (Wildman–Crippen LogP) is 1.65. The second kappa shape index (κ2) is 3.76. The van der Waals surface area contributed by atoms with Gasteiger partial charge in [0.05, 0.1) is 0 Å². The maximum absolute atomic E-state index is 5.49. The molecule has 0 radical (unpaired) electrons. The van der Waals surface area contributed by atoms with E-state index in [1.54, 1.807) is 12.3 Å². The molecule has 3 N–H and O–H groups in total. The molecule has 0 saturated carbocycles. The maximum Gasteiger partial charge on any atom is 0.125 e. The lowest BCUT2D eigenvalue weighted by Gasteiger charge is -2.05. The monoisotopic (exact) mass is 163 g/mol. The van der Waals surface area contributed by atoms with Crippen molar-refractivity contribution in [2.75, 3.05) is 17.6 Å². The second-order valence-corrected chi connectivity index (χ2v) is 2.78. The lowest BCUT2D eigenvalue weighted by atomic mass is 10.3. The largest absolute Gasteiger partial charge is 0.384 e. The second-order valence-electron chi connectivity index (χ2n) is 2.78. The first kappa shape index (κ1) is 8.59. The summed E-state index contributed by atoms with van der Waals surface area (Å²) >= 11 is 0. The first-order valence-corrected chi connectivity index (χ1v) is 3.78. The summed E-state index contributed by atoms with van der Waals surface area (Å²) in [4.78, 5) is 3.88. The highest BCUT2D eigenvalue weighted by Crippen LogP contribution is 2.08. The standard InChI is InChI=1S/C9H13N3/c1-7(2)6-12-8-3-4-11-9(10)5-8/h3-5H,1,6H2,2H3,(H3,10,11,12). The Morgan fingerprint density at radius 1 is 1.75 bits per heavy atom. The van der Waals surface area contributed by atoms with E-state index in [9.17, 15) is 0 Å². The molecule has 1 heterocycles.